The first kappa shape index (κ1) is 21.3. The first-order chi connectivity index (χ1) is 14.3. The Hall–Kier alpha value is -1.96. The van der Waals surface area contributed by atoms with Crippen molar-refractivity contribution in [1.82, 2.24) is 0 Å². The minimum atomic E-state index is -4.91. The van der Waals surface area contributed by atoms with Crippen molar-refractivity contribution >= 4 is 5.97 Å². The first-order valence-corrected chi connectivity index (χ1v) is 10.8. The number of hydrogen-bond donors (Lipinski definition) is 1. The number of alkyl halides is 3. The number of ether oxygens (including phenoxy) is 3. The van der Waals surface area contributed by atoms with Crippen molar-refractivity contribution in [2.75, 3.05) is 0 Å². The molecule has 0 amide bonds. The summed E-state index contributed by atoms with van der Waals surface area (Å²) in [5.41, 5.74) is -0.483. The van der Waals surface area contributed by atoms with E-state index in [2.05, 4.69) is 4.74 Å². The zero-order valence-electron chi connectivity index (χ0n) is 16.7. The first-order valence-electron chi connectivity index (χ1n) is 10.8. The maximum Gasteiger partial charge on any atom is 0.573 e. The molecule has 1 heterocycles. The van der Waals surface area contributed by atoms with E-state index in [1.807, 2.05) is 0 Å². The molecule has 0 bridgehead atoms. The van der Waals surface area contributed by atoms with Gasteiger partial charge in [0.1, 0.15) is 5.60 Å². The van der Waals surface area contributed by atoms with E-state index in [0.29, 0.717) is 5.56 Å². The fourth-order valence-electron chi connectivity index (χ4n) is 5.65. The van der Waals surface area contributed by atoms with Crippen LogP contribution in [0.1, 0.15) is 69.8 Å². The molecule has 0 spiro atoms. The Morgan fingerprint density at radius 1 is 1.00 bits per heavy atom. The molecule has 2 fully saturated rings. The molecule has 1 unspecified atom stereocenters. The number of carboxylic acids is 1. The van der Waals surface area contributed by atoms with Crippen LogP contribution in [0.15, 0.2) is 18.2 Å². The van der Waals surface area contributed by atoms with E-state index < -0.39 is 30.0 Å². The van der Waals surface area contributed by atoms with Gasteiger partial charge in [0.05, 0.1) is 0 Å². The molecule has 1 aromatic carbocycles. The highest BCUT2D eigenvalue weighted by Crippen LogP contribution is 2.57. The van der Waals surface area contributed by atoms with Crippen LogP contribution in [0.2, 0.25) is 0 Å². The lowest BCUT2D eigenvalue weighted by Gasteiger charge is -2.52. The SMILES string of the molecule is O=C(O)C1Oc2c(OC(F)(F)F)cccc2C(C2CCCCC2)(C2CCCCC2)O1. The van der Waals surface area contributed by atoms with Gasteiger partial charge in [-0.25, -0.2) is 4.79 Å². The van der Waals surface area contributed by atoms with E-state index >= 15 is 0 Å². The second-order valence-electron chi connectivity index (χ2n) is 8.55. The molecule has 1 aromatic rings. The zero-order valence-corrected chi connectivity index (χ0v) is 16.7. The average Bonchev–Trinajstić information content (AvgIpc) is 2.73. The molecular formula is C22H27F3O5. The summed E-state index contributed by atoms with van der Waals surface area (Å²) in [4.78, 5) is 11.9. The molecule has 5 nitrogen and oxygen atoms in total. The summed E-state index contributed by atoms with van der Waals surface area (Å²) in [5.74, 6) is -1.95. The summed E-state index contributed by atoms with van der Waals surface area (Å²) < 4.78 is 55.1. The molecule has 1 aliphatic heterocycles. The summed E-state index contributed by atoms with van der Waals surface area (Å²) in [6.45, 7) is 0. The normalized spacial score (nSPS) is 25.2. The van der Waals surface area contributed by atoms with Crippen LogP contribution in [0.4, 0.5) is 13.2 Å². The molecule has 0 radical (unpaired) electrons. The van der Waals surface area contributed by atoms with Crippen molar-refractivity contribution in [1.29, 1.82) is 0 Å². The van der Waals surface area contributed by atoms with E-state index in [-0.39, 0.29) is 17.6 Å². The van der Waals surface area contributed by atoms with Gasteiger partial charge >= 0.3 is 12.3 Å². The Morgan fingerprint density at radius 3 is 2.07 bits per heavy atom. The van der Waals surface area contributed by atoms with Gasteiger partial charge in [0, 0.05) is 5.56 Å². The predicted molar refractivity (Wildman–Crippen MR) is 101 cm³/mol. The second kappa shape index (κ2) is 8.29. The molecule has 30 heavy (non-hydrogen) atoms. The third kappa shape index (κ3) is 3.98. The largest absolute Gasteiger partial charge is 0.573 e. The number of carboxylic acid groups (broad SMARTS) is 1. The molecule has 1 N–H and O–H groups in total. The number of halogens is 3. The number of hydrogen-bond acceptors (Lipinski definition) is 4. The molecule has 0 aromatic heterocycles. The van der Waals surface area contributed by atoms with Crippen LogP contribution in [-0.4, -0.2) is 23.7 Å². The van der Waals surface area contributed by atoms with Crippen LogP contribution >= 0.6 is 0 Å². The van der Waals surface area contributed by atoms with Crippen LogP contribution in [0.25, 0.3) is 0 Å². The van der Waals surface area contributed by atoms with Gasteiger partial charge in [0.25, 0.3) is 6.29 Å². The topological polar surface area (TPSA) is 65.0 Å². The highest BCUT2D eigenvalue weighted by Gasteiger charge is 2.55. The summed E-state index contributed by atoms with van der Waals surface area (Å²) in [5, 5.41) is 9.70. The lowest BCUT2D eigenvalue weighted by molar-refractivity contribution is -0.278. The van der Waals surface area contributed by atoms with Crippen LogP contribution < -0.4 is 9.47 Å². The van der Waals surface area contributed by atoms with Gasteiger partial charge in [0.2, 0.25) is 0 Å². The Kier molecular flexibility index (Phi) is 5.88. The van der Waals surface area contributed by atoms with Gasteiger partial charge in [0.15, 0.2) is 11.5 Å². The summed E-state index contributed by atoms with van der Waals surface area (Å²) in [6.07, 6.45) is 3.01. The lowest BCUT2D eigenvalue weighted by atomic mass is 9.63. The summed E-state index contributed by atoms with van der Waals surface area (Å²) in [7, 11) is 0. The Labute approximate surface area is 173 Å². The molecule has 2 saturated carbocycles. The van der Waals surface area contributed by atoms with Crippen molar-refractivity contribution in [3.8, 4) is 11.5 Å². The molecule has 8 heteroatoms. The minimum Gasteiger partial charge on any atom is -0.477 e. The minimum absolute atomic E-state index is 0.0278. The second-order valence-corrected chi connectivity index (χ2v) is 8.55. The van der Waals surface area contributed by atoms with E-state index in [9.17, 15) is 23.1 Å². The number of carbonyl (C=O) groups is 1. The van der Waals surface area contributed by atoms with Crippen LogP contribution in [0.3, 0.4) is 0 Å². The fourth-order valence-corrected chi connectivity index (χ4v) is 5.65. The maximum atomic E-state index is 13.0. The molecular weight excluding hydrogens is 401 g/mol. The molecule has 166 valence electrons. The van der Waals surface area contributed by atoms with E-state index in [1.165, 1.54) is 12.1 Å². The zero-order chi connectivity index (χ0) is 21.4. The third-order valence-corrected chi connectivity index (χ3v) is 6.78. The van der Waals surface area contributed by atoms with Crippen molar-refractivity contribution in [3.63, 3.8) is 0 Å². The number of para-hydroxylation sites is 1. The van der Waals surface area contributed by atoms with Gasteiger partial charge in [-0.05, 0) is 43.6 Å². The van der Waals surface area contributed by atoms with Crippen LogP contribution in [-0.2, 0) is 15.1 Å². The lowest BCUT2D eigenvalue weighted by Crippen LogP contribution is -2.54. The monoisotopic (exact) mass is 428 g/mol. The van der Waals surface area contributed by atoms with Crippen molar-refractivity contribution < 1.29 is 37.3 Å². The van der Waals surface area contributed by atoms with Gasteiger partial charge in [-0.1, -0.05) is 50.7 Å². The van der Waals surface area contributed by atoms with Gasteiger partial charge < -0.3 is 19.3 Å². The van der Waals surface area contributed by atoms with Crippen LogP contribution in [0, 0.1) is 11.8 Å². The Morgan fingerprint density at radius 2 is 1.57 bits per heavy atom. The number of rotatable bonds is 4. The van der Waals surface area contributed by atoms with Gasteiger partial charge in [-0.15, -0.1) is 13.2 Å². The average molecular weight is 428 g/mol. The molecule has 2 aliphatic carbocycles. The third-order valence-electron chi connectivity index (χ3n) is 6.78. The quantitative estimate of drug-likeness (QED) is 0.660. The Bertz CT molecular complexity index is 749. The highest BCUT2D eigenvalue weighted by molar-refractivity contribution is 5.72. The highest BCUT2D eigenvalue weighted by atomic mass is 19.4. The standard InChI is InChI=1S/C22H27F3O5/c23-22(24,25)29-17-13-7-12-16-18(17)28-20(19(26)27)30-21(16,14-8-3-1-4-9-14)15-10-5-2-6-11-15/h7,12-15,20H,1-6,8-11H2,(H,26,27). The molecule has 0 saturated heterocycles. The van der Waals surface area contributed by atoms with Crippen LogP contribution in [0.5, 0.6) is 11.5 Å². The van der Waals surface area contributed by atoms with Crippen molar-refractivity contribution in [3.05, 3.63) is 23.8 Å². The summed E-state index contributed by atoms with van der Waals surface area (Å²) in [6, 6.07) is 4.40. The van der Waals surface area contributed by atoms with E-state index in [0.717, 1.165) is 64.2 Å². The molecule has 3 aliphatic rings. The predicted octanol–water partition coefficient (Wildman–Crippen LogP) is 5.76. The maximum absolute atomic E-state index is 13.0. The number of aliphatic carboxylic acids is 1. The number of fused-ring (bicyclic) bond motifs is 1. The molecule has 1 atom stereocenters. The van der Waals surface area contributed by atoms with E-state index in [4.69, 9.17) is 9.47 Å². The van der Waals surface area contributed by atoms with Crippen molar-refractivity contribution in [2.24, 2.45) is 11.8 Å². The van der Waals surface area contributed by atoms with Gasteiger partial charge in [-0.2, -0.15) is 0 Å². The number of benzene rings is 1. The summed E-state index contributed by atoms with van der Waals surface area (Å²) >= 11 is 0. The molecule has 4 rings (SSSR count). The van der Waals surface area contributed by atoms with E-state index in [1.54, 1.807) is 6.07 Å². The van der Waals surface area contributed by atoms with Gasteiger partial charge in [-0.3, -0.25) is 0 Å². The smallest absolute Gasteiger partial charge is 0.477 e. The fraction of sp³-hybridized carbons (Fsp3) is 0.682. The van der Waals surface area contributed by atoms with Crippen molar-refractivity contribution in [2.45, 2.75) is 82.5 Å². The Balaban J connectivity index is 1.88.